The second kappa shape index (κ2) is 9.27. The van der Waals surface area contributed by atoms with E-state index in [1.807, 2.05) is 39.0 Å². The zero-order chi connectivity index (χ0) is 20.8. The number of esters is 1. The van der Waals surface area contributed by atoms with Crippen LogP contribution < -0.4 is 5.32 Å². The number of amides is 1. The van der Waals surface area contributed by atoms with Crippen LogP contribution in [0.2, 0.25) is 0 Å². The van der Waals surface area contributed by atoms with Crippen LogP contribution in [0.1, 0.15) is 35.9 Å². The van der Waals surface area contributed by atoms with E-state index < -0.39 is 5.97 Å². The van der Waals surface area contributed by atoms with Crippen LogP contribution >= 0.6 is 0 Å². The van der Waals surface area contributed by atoms with Gasteiger partial charge in [0.15, 0.2) is 6.61 Å². The summed E-state index contributed by atoms with van der Waals surface area (Å²) >= 11 is 0. The first-order valence-corrected chi connectivity index (χ1v) is 9.58. The highest BCUT2D eigenvalue weighted by Gasteiger charge is 2.16. The number of aromatic nitrogens is 4. The van der Waals surface area contributed by atoms with Crippen LogP contribution in [0.3, 0.4) is 0 Å². The molecular weight excluding hydrogens is 370 g/mol. The van der Waals surface area contributed by atoms with Gasteiger partial charge in [-0.2, -0.15) is 10.1 Å². The van der Waals surface area contributed by atoms with Gasteiger partial charge in [-0.15, -0.1) is 0 Å². The van der Waals surface area contributed by atoms with Crippen LogP contribution in [-0.4, -0.2) is 44.1 Å². The number of carbonyl (C=O) groups excluding carboxylic acids is 2. The Labute approximate surface area is 169 Å². The summed E-state index contributed by atoms with van der Waals surface area (Å²) in [6.45, 7) is 5.30. The van der Waals surface area contributed by atoms with Crippen molar-refractivity contribution >= 4 is 17.7 Å². The topological polar surface area (TPSA) is 98.5 Å². The maximum atomic E-state index is 12.2. The number of carbonyl (C=O) groups is 2. The molecule has 1 N–H and O–H groups in total. The van der Waals surface area contributed by atoms with Crippen molar-refractivity contribution in [2.45, 2.75) is 46.1 Å². The predicted molar refractivity (Wildman–Crippen MR) is 107 cm³/mol. The van der Waals surface area contributed by atoms with Crippen molar-refractivity contribution in [3.63, 3.8) is 0 Å². The highest BCUT2D eigenvalue weighted by Crippen LogP contribution is 2.14. The van der Waals surface area contributed by atoms with Crippen LogP contribution in [-0.2, 0) is 27.2 Å². The van der Waals surface area contributed by atoms with E-state index in [1.54, 1.807) is 4.52 Å². The molecule has 0 bridgehead atoms. The molecule has 0 aliphatic rings. The first-order chi connectivity index (χ1) is 13.9. The van der Waals surface area contributed by atoms with Crippen molar-refractivity contribution < 1.29 is 14.3 Å². The van der Waals surface area contributed by atoms with Gasteiger partial charge in [0.25, 0.3) is 11.7 Å². The van der Waals surface area contributed by atoms with Crippen LogP contribution in [0.4, 0.5) is 0 Å². The minimum absolute atomic E-state index is 0.00943. The summed E-state index contributed by atoms with van der Waals surface area (Å²) in [6.07, 6.45) is 3.13. The van der Waals surface area contributed by atoms with Gasteiger partial charge in [0.05, 0.1) is 6.42 Å². The Hall–Kier alpha value is -3.29. The lowest BCUT2D eigenvalue weighted by Crippen LogP contribution is -2.36. The van der Waals surface area contributed by atoms with Gasteiger partial charge >= 0.3 is 5.97 Å². The SMILES string of the molecule is Cc1nc2ncnn2c(C)c1CC(=O)OCC(=O)N[C@H](C)CCc1ccccc1. The van der Waals surface area contributed by atoms with E-state index in [2.05, 4.69) is 32.5 Å². The van der Waals surface area contributed by atoms with E-state index in [-0.39, 0.29) is 25.0 Å². The third kappa shape index (κ3) is 5.37. The average Bonchev–Trinajstić information content (AvgIpc) is 3.17. The molecule has 0 fully saturated rings. The fourth-order valence-electron chi connectivity index (χ4n) is 3.17. The van der Waals surface area contributed by atoms with Crippen LogP contribution in [0, 0.1) is 13.8 Å². The lowest BCUT2D eigenvalue weighted by Gasteiger charge is -2.14. The number of fused-ring (bicyclic) bond motifs is 1. The second-order valence-corrected chi connectivity index (χ2v) is 7.06. The first kappa shape index (κ1) is 20.4. The highest BCUT2D eigenvalue weighted by atomic mass is 16.5. The van der Waals surface area contributed by atoms with Gasteiger partial charge in [0, 0.05) is 23.0 Å². The number of aryl methyl sites for hydroxylation is 3. The largest absolute Gasteiger partial charge is 0.455 e. The summed E-state index contributed by atoms with van der Waals surface area (Å²) in [7, 11) is 0. The minimum Gasteiger partial charge on any atom is -0.455 e. The molecule has 0 saturated carbocycles. The summed E-state index contributed by atoms with van der Waals surface area (Å²) in [5.74, 6) is -0.303. The quantitative estimate of drug-likeness (QED) is 0.586. The molecule has 0 saturated heterocycles. The Morgan fingerprint density at radius 3 is 2.72 bits per heavy atom. The summed E-state index contributed by atoms with van der Waals surface area (Å²) in [4.78, 5) is 32.7. The number of nitrogens with one attached hydrogen (secondary N) is 1. The van der Waals surface area contributed by atoms with Gasteiger partial charge < -0.3 is 10.1 Å². The number of hydrogen-bond donors (Lipinski definition) is 1. The number of rotatable bonds is 8. The monoisotopic (exact) mass is 395 g/mol. The maximum Gasteiger partial charge on any atom is 0.310 e. The second-order valence-electron chi connectivity index (χ2n) is 7.06. The summed E-state index contributed by atoms with van der Waals surface area (Å²) in [5, 5.41) is 6.96. The third-order valence-corrected chi connectivity index (χ3v) is 4.79. The molecule has 8 nitrogen and oxygen atoms in total. The van der Waals surface area contributed by atoms with Crippen molar-refractivity contribution in [1.82, 2.24) is 24.9 Å². The maximum absolute atomic E-state index is 12.2. The number of nitrogens with zero attached hydrogens (tertiary/aromatic N) is 4. The van der Waals surface area contributed by atoms with Crippen molar-refractivity contribution in [2.24, 2.45) is 0 Å². The summed E-state index contributed by atoms with van der Waals surface area (Å²) < 4.78 is 6.73. The number of hydrogen-bond acceptors (Lipinski definition) is 6. The molecule has 0 aliphatic carbocycles. The molecule has 1 atom stereocenters. The van der Waals surface area contributed by atoms with Crippen molar-refractivity contribution in [3.05, 3.63) is 59.2 Å². The van der Waals surface area contributed by atoms with E-state index in [0.29, 0.717) is 11.5 Å². The Bertz CT molecular complexity index is 1000. The molecule has 152 valence electrons. The molecular formula is C21H25N5O3. The third-order valence-electron chi connectivity index (χ3n) is 4.79. The molecule has 3 rings (SSSR count). The fraction of sp³-hybridized carbons (Fsp3) is 0.381. The molecule has 2 aromatic heterocycles. The van der Waals surface area contributed by atoms with Crippen LogP contribution in [0.25, 0.3) is 5.78 Å². The zero-order valence-electron chi connectivity index (χ0n) is 16.9. The summed E-state index contributed by atoms with van der Waals surface area (Å²) in [6, 6.07) is 10.1. The molecule has 8 heteroatoms. The molecule has 0 aliphatic heterocycles. The highest BCUT2D eigenvalue weighted by molar-refractivity contribution is 5.81. The molecule has 3 aromatic rings. The Balaban J connectivity index is 1.46. The lowest BCUT2D eigenvalue weighted by atomic mass is 10.1. The van der Waals surface area contributed by atoms with E-state index in [0.717, 1.165) is 24.1 Å². The van der Waals surface area contributed by atoms with Crippen LogP contribution in [0.15, 0.2) is 36.7 Å². The van der Waals surface area contributed by atoms with E-state index in [9.17, 15) is 9.59 Å². The molecule has 1 aromatic carbocycles. The minimum atomic E-state index is -0.482. The average molecular weight is 395 g/mol. The van der Waals surface area contributed by atoms with Gasteiger partial charge in [-0.25, -0.2) is 9.50 Å². The standard InChI is InChI=1S/C21H25N5O3/c1-14(9-10-17-7-5-4-6-8-17)24-19(27)12-29-20(28)11-18-15(2)25-21-22-13-23-26(21)16(18)3/h4-8,13-14H,9-12H2,1-3H3,(H,24,27)/t14-/m1/s1. The van der Waals surface area contributed by atoms with Crippen molar-refractivity contribution in [3.8, 4) is 0 Å². The number of benzene rings is 1. The van der Waals surface area contributed by atoms with Gasteiger partial charge in [-0.1, -0.05) is 30.3 Å². The predicted octanol–water partition coefficient (Wildman–Crippen LogP) is 1.96. The van der Waals surface area contributed by atoms with Gasteiger partial charge in [0.1, 0.15) is 6.33 Å². The Kier molecular flexibility index (Phi) is 6.54. The molecule has 1 amide bonds. The van der Waals surface area contributed by atoms with Gasteiger partial charge in [-0.3, -0.25) is 9.59 Å². The molecule has 0 radical (unpaired) electrons. The smallest absolute Gasteiger partial charge is 0.310 e. The van der Waals surface area contributed by atoms with Crippen LogP contribution in [0.5, 0.6) is 0 Å². The van der Waals surface area contributed by atoms with Gasteiger partial charge in [-0.05, 0) is 39.2 Å². The molecule has 0 unspecified atom stereocenters. The molecule has 29 heavy (non-hydrogen) atoms. The fourth-order valence-corrected chi connectivity index (χ4v) is 3.17. The molecule has 2 heterocycles. The van der Waals surface area contributed by atoms with Gasteiger partial charge in [0.2, 0.25) is 0 Å². The van der Waals surface area contributed by atoms with Crippen molar-refractivity contribution in [2.75, 3.05) is 6.61 Å². The van der Waals surface area contributed by atoms with E-state index >= 15 is 0 Å². The van der Waals surface area contributed by atoms with E-state index in [1.165, 1.54) is 11.9 Å². The lowest BCUT2D eigenvalue weighted by molar-refractivity contribution is -0.148. The van der Waals surface area contributed by atoms with E-state index in [4.69, 9.17) is 4.74 Å². The van der Waals surface area contributed by atoms with Crippen molar-refractivity contribution in [1.29, 1.82) is 0 Å². The normalized spacial score (nSPS) is 12.0. The number of ether oxygens (including phenoxy) is 1. The first-order valence-electron chi connectivity index (χ1n) is 9.58. The Morgan fingerprint density at radius 2 is 1.97 bits per heavy atom. The Morgan fingerprint density at radius 1 is 1.21 bits per heavy atom. The molecule has 0 spiro atoms. The zero-order valence-corrected chi connectivity index (χ0v) is 16.9. The summed E-state index contributed by atoms with van der Waals surface area (Å²) in [5.41, 5.74) is 3.42.